The van der Waals surface area contributed by atoms with Gasteiger partial charge < -0.3 is 5.73 Å². The lowest BCUT2D eigenvalue weighted by Crippen LogP contribution is -2.42. The van der Waals surface area contributed by atoms with Crippen LogP contribution in [0.25, 0.3) is 0 Å². The lowest BCUT2D eigenvalue weighted by molar-refractivity contribution is 0.172. The quantitative estimate of drug-likeness (QED) is 0.697. The van der Waals surface area contributed by atoms with Crippen LogP contribution in [0.2, 0.25) is 0 Å². The SMILES string of the molecule is C=C(CC)CN1CCCC(C(C)N)C1. The van der Waals surface area contributed by atoms with Crippen LogP contribution in [-0.2, 0) is 0 Å². The van der Waals surface area contributed by atoms with Crippen molar-refractivity contribution in [2.24, 2.45) is 11.7 Å². The van der Waals surface area contributed by atoms with Crippen molar-refractivity contribution in [2.45, 2.75) is 39.2 Å². The van der Waals surface area contributed by atoms with Crippen LogP contribution in [0.5, 0.6) is 0 Å². The van der Waals surface area contributed by atoms with E-state index in [4.69, 9.17) is 5.73 Å². The zero-order valence-corrected chi connectivity index (χ0v) is 9.63. The minimum absolute atomic E-state index is 0.340. The zero-order chi connectivity index (χ0) is 10.6. The number of hydrogen-bond donors (Lipinski definition) is 1. The van der Waals surface area contributed by atoms with Crippen molar-refractivity contribution in [1.29, 1.82) is 0 Å². The highest BCUT2D eigenvalue weighted by atomic mass is 15.1. The second-order valence-electron chi connectivity index (χ2n) is 4.60. The van der Waals surface area contributed by atoms with Crippen LogP contribution in [0.1, 0.15) is 33.1 Å². The fraction of sp³-hybridized carbons (Fsp3) is 0.833. The molecule has 0 radical (unpaired) electrons. The third kappa shape index (κ3) is 3.43. The Morgan fingerprint density at radius 1 is 1.64 bits per heavy atom. The van der Waals surface area contributed by atoms with Gasteiger partial charge in [-0.15, -0.1) is 0 Å². The number of rotatable bonds is 4. The molecule has 1 aliphatic heterocycles. The maximum absolute atomic E-state index is 5.94. The van der Waals surface area contributed by atoms with Crippen molar-refractivity contribution in [3.63, 3.8) is 0 Å². The number of likely N-dealkylation sites (tertiary alicyclic amines) is 1. The molecule has 2 N–H and O–H groups in total. The predicted octanol–water partition coefficient (Wildman–Crippen LogP) is 2.01. The molecule has 1 fully saturated rings. The third-order valence-electron chi connectivity index (χ3n) is 3.23. The minimum Gasteiger partial charge on any atom is -0.328 e. The topological polar surface area (TPSA) is 29.3 Å². The Kier molecular flexibility index (Phi) is 4.63. The van der Waals surface area contributed by atoms with Crippen LogP contribution in [0.15, 0.2) is 12.2 Å². The summed E-state index contributed by atoms with van der Waals surface area (Å²) in [5.74, 6) is 0.688. The minimum atomic E-state index is 0.340. The van der Waals surface area contributed by atoms with Crippen molar-refractivity contribution in [1.82, 2.24) is 4.90 Å². The van der Waals surface area contributed by atoms with Gasteiger partial charge in [0, 0.05) is 19.1 Å². The maximum Gasteiger partial charge on any atom is 0.0190 e. The average molecular weight is 196 g/mol. The summed E-state index contributed by atoms with van der Waals surface area (Å²) in [6.45, 7) is 11.8. The molecule has 0 saturated carbocycles. The highest BCUT2D eigenvalue weighted by molar-refractivity contribution is 4.97. The Morgan fingerprint density at radius 3 is 2.93 bits per heavy atom. The van der Waals surface area contributed by atoms with Crippen molar-refractivity contribution in [3.05, 3.63) is 12.2 Å². The van der Waals surface area contributed by atoms with E-state index in [9.17, 15) is 0 Å². The monoisotopic (exact) mass is 196 g/mol. The molecule has 1 heterocycles. The largest absolute Gasteiger partial charge is 0.328 e. The molecule has 0 aromatic rings. The second-order valence-corrected chi connectivity index (χ2v) is 4.60. The fourth-order valence-corrected chi connectivity index (χ4v) is 2.09. The fourth-order valence-electron chi connectivity index (χ4n) is 2.09. The number of nitrogens with two attached hydrogens (primary N) is 1. The molecule has 0 spiro atoms. The Balaban J connectivity index is 2.36. The van der Waals surface area contributed by atoms with E-state index in [1.54, 1.807) is 0 Å². The van der Waals surface area contributed by atoms with Gasteiger partial charge in [0.2, 0.25) is 0 Å². The predicted molar refractivity (Wildman–Crippen MR) is 62.2 cm³/mol. The van der Waals surface area contributed by atoms with Crippen LogP contribution in [-0.4, -0.2) is 30.6 Å². The van der Waals surface area contributed by atoms with E-state index in [0.717, 1.165) is 19.5 Å². The van der Waals surface area contributed by atoms with E-state index in [2.05, 4.69) is 25.3 Å². The van der Waals surface area contributed by atoms with Gasteiger partial charge in [-0.25, -0.2) is 0 Å². The molecule has 1 aliphatic rings. The van der Waals surface area contributed by atoms with Gasteiger partial charge in [0.05, 0.1) is 0 Å². The first kappa shape index (κ1) is 11.7. The standard InChI is InChI=1S/C12H24N2/c1-4-10(2)8-14-7-5-6-12(9-14)11(3)13/h11-12H,2,4-9,13H2,1,3H3. The summed E-state index contributed by atoms with van der Waals surface area (Å²) in [6, 6.07) is 0.340. The van der Waals surface area contributed by atoms with Crippen molar-refractivity contribution < 1.29 is 0 Å². The van der Waals surface area contributed by atoms with Gasteiger partial charge in [-0.2, -0.15) is 0 Å². The number of nitrogens with zero attached hydrogens (tertiary/aromatic N) is 1. The normalized spacial score (nSPS) is 26.1. The molecule has 0 amide bonds. The van der Waals surface area contributed by atoms with E-state index in [1.807, 2.05) is 0 Å². The molecular weight excluding hydrogens is 172 g/mol. The molecule has 0 aromatic heterocycles. The number of piperidine rings is 1. The van der Waals surface area contributed by atoms with Gasteiger partial charge in [-0.05, 0) is 38.6 Å². The van der Waals surface area contributed by atoms with Crippen LogP contribution in [0.3, 0.4) is 0 Å². The molecule has 2 nitrogen and oxygen atoms in total. The van der Waals surface area contributed by atoms with Crippen LogP contribution in [0.4, 0.5) is 0 Å². The van der Waals surface area contributed by atoms with Gasteiger partial charge in [0.25, 0.3) is 0 Å². The third-order valence-corrected chi connectivity index (χ3v) is 3.23. The smallest absolute Gasteiger partial charge is 0.0190 e. The molecule has 2 heteroatoms. The summed E-state index contributed by atoms with van der Waals surface area (Å²) in [5.41, 5.74) is 7.29. The van der Waals surface area contributed by atoms with Gasteiger partial charge in [-0.3, -0.25) is 4.90 Å². The van der Waals surface area contributed by atoms with Gasteiger partial charge in [-0.1, -0.05) is 19.1 Å². The first-order valence-corrected chi connectivity index (χ1v) is 5.78. The average Bonchev–Trinajstić information content (AvgIpc) is 2.18. The Labute approximate surface area is 88.2 Å². The van der Waals surface area contributed by atoms with E-state index < -0.39 is 0 Å². The summed E-state index contributed by atoms with van der Waals surface area (Å²) in [7, 11) is 0. The molecule has 82 valence electrons. The highest BCUT2D eigenvalue weighted by Gasteiger charge is 2.22. The Morgan fingerprint density at radius 2 is 2.36 bits per heavy atom. The maximum atomic E-state index is 5.94. The molecule has 1 saturated heterocycles. The molecule has 1 rings (SSSR count). The summed E-state index contributed by atoms with van der Waals surface area (Å²) >= 11 is 0. The van der Waals surface area contributed by atoms with Gasteiger partial charge >= 0.3 is 0 Å². The van der Waals surface area contributed by atoms with Gasteiger partial charge in [0.1, 0.15) is 0 Å². The van der Waals surface area contributed by atoms with E-state index in [0.29, 0.717) is 12.0 Å². The summed E-state index contributed by atoms with van der Waals surface area (Å²) in [4.78, 5) is 2.50. The summed E-state index contributed by atoms with van der Waals surface area (Å²) in [5, 5.41) is 0. The Bertz CT molecular complexity index is 187. The first-order valence-electron chi connectivity index (χ1n) is 5.78. The number of hydrogen-bond acceptors (Lipinski definition) is 2. The zero-order valence-electron chi connectivity index (χ0n) is 9.63. The Hall–Kier alpha value is -0.340. The second kappa shape index (κ2) is 5.52. The van der Waals surface area contributed by atoms with Crippen molar-refractivity contribution in [3.8, 4) is 0 Å². The lowest BCUT2D eigenvalue weighted by atomic mass is 9.92. The lowest BCUT2D eigenvalue weighted by Gasteiger charge is -2.34. The van der Waals surface area contributed by atoms with Crippen molar-refractivity contribution in [2.75, 3.05) is 19.6 Å². The van der Waals surface area contributed by atoms with E-state index >= 15 is 0 Å². The van der Waals surface area contributed by atoms with Crippen LogP contribution in [0, 0.1) is 5.92 Å². The van der Waals surface area contributed by atoms with E-state index in [1.165, 1.54) is 25.0 Å². The van der Waals surface area contributed by atoms with Crippen LogP contribution >= 0.6 is 0 Å². The molecular formula is C12H24N2. The molecule has 2 unspecified atom stereocenters. The molecule has 0 aliphatic carbocycles. The first-order chi connectivity index (χ1) is 6.63. The molecule has 0 aromatic carbocycles. The van der Waals surface area contributed by atoms with Crippen molar-refractivity contribution >= 4 is 0 Å². The van der Waals surface area contributed by atoms with Gasteiger partial charge in [0.15, 0.2) is 0 Å². The highest BCUT2D eigenvalue weighted by Crippen LogP contribution is 2.19. The summed E-state index contributed by atoms with van der Waals surface area (Å²) in [6.07, 6.45) is 3.69. The van der Waals surface area contributed by atoms with E-state index in [-0.39, 0.29) is 0 Å². The molecule has 2 atom stereocenters. The van der Waals surface area contributed by atoms with Crippen LogP contribution < -0.4 is 5.73 Å². The summed E-state index contributed by atoms with van der Waals surface area (Å²) < 4.78 is 0. The molecule has 0 bridgehead atoms. The molecule has 14 heavy (non-hydrogen) atoms.